The topological polar surface area (TPSA) is 59.7 Å². The molecule has 0 saturated heterocycles. The predicted octanol–water partition coefficient (Wildman–Crippen LogP) is 3.29. The number of methoxy groups -OCH3 is 1. The summed E-state index contributed by atoms with van der Waals surface area (Å²) >= 11 is 0. The summed E-state index contributed by atoms with van der Waals surface area (Å²) in [6.45, 7) is 0. The molecule has 90 valence electrons. The molecule has 18 heavy (non-hydrogen) atoms. The first kappa shape index (κ1) is 10.7. The molecule has 0 atom stereocenters. The average Bonchev–Trinajstić information content (AvgIpc) is 2.75. The van der Waals surface area contributed by atoms with E-state index in [2.05, 4.69) is 0 Å². The Kier molecular flexibility index (Phi) is 2.23. The lowest BCUT2D eigenvalue weighted by molar-refractivity contribution is 0.0695. The van der Waals surface area contributed by atoms with Gasteiger partial charge in [0, 0.05) is 10.8 Å². The van der Waals surface area contributed by atoms with Crippen molar-refractivity contribution in [1.82, 2.24) is 0 Å². The Morgan fingerprint density at radius 3 is 2.67 bits per heavy atom. The van der Waals surface area contributed by atoms with E-state index in [0.29, 0.717) is 22.3 Å². The Bertz CT molecular complexity index is 755. The molecule has 0 bridgehead atoms. The fraction of sp³-hybridized carbons (Fsp3) is 0.0714. The van der Waals surface area contributed by atoms with E-state index >= 15 is 0 Å². The highest BCUT2D eigenvalue weighted by molar-refractivity contribution is 6.16. The van der Waals surface area contributed by atoms with Crippen LogP contribution in [0.4, 0.5) is 0 Å². The zero-order valence-electron chi connectivity index (χ0n) is 9.64. The SMILES string of the molecule is COc1ccc2oc3ccccc3c2c1C(=O)O. The summed E-state index contributed by atoms with van der Waals surface area (Å²) < 4.78 is 10.7. The number of carbonyl (C=O) groups is 1. The number of aromatic carboxylic acids is 1. The number of hydrogen-bond donors (Lipinski definition) is 1. The normalized spacial score (nSPS) is 10.9. The molecule has 2 aromatic carbocycles. The molecule has 0 aliphatic carbocycles. The number of para-hydroxylation sites is 1. The molecule has 0 spiro atoms. The molecule has 0 radical (unpaired) electrons. The summed E-state index contributed by atoms with van der Waals surface area (Å²) in [7, 11) is 1.45. The van der Waals surface area contributed by atoms with Crippen LogP contribution in [0.3, 0.4) is 0 Å². The van der Waals surface area contributed by atoms with Crippen LogP contribution in [0.2, 0.25) is 0 Å². The van der Waals surface area contributed by atoms with E-state index in [1.54, 1.807) is 12.1 Å². The summed E-state index contributed by atoms with van der Waals surface area (Å²) in [6.07, 6.45) is 0. The Hall–Kier alpha value is -2.49. The predicted molar refractivity (Wildman–Crippen MR) is 67.2 cm³/mol. The van der Waals surface area contributed by atoms with Gasteiger partial charge in [-0.3, -0.25) is 0 Å². The number of carboxylic acids is 1. The van der Waals surface area contributed by atoms with Crippen LogP contribution in [-0.2, 0) is 0 Å². The lowest BCUT2D eigenvalue weighted by atomic mass is 10.1. The van der Waals surface area contributed by atoms with Crippen LogP contribution < -0.4 is 4.74 Å². The highest BCUT2D eigenvalue weighted by Crippen LogP contribution is 2.35. The van der Waals surface area contributed by atoms with E-state index in [4.69, 9.17) is 9.15 Å². The van der Waals surface area contributed by atoms with Crippen LogP contribution in [0, 0.1) is 0 Å². The van der Waals surface area contributed by atoms with Crippen molar-refractivity contribution in [2.24, 2.45) is 0 Å². The number of carboxylic acid groups (broad SMARTS) is 1. The van der Waals surface area contributed by atoms with E-state index in [1.807, 2.05) is 24.3 Å². The molecule has 3 aromatic rings. The average molecular weight is 242 g/mol. The summed E-state index contributed by atoms with van der Waals surface area (Å²) in [5, 5.41) is 10.7. The van der Waals surface area contributed by atoms with Gasteiger partial charge in [-0.2, -0.15) is 0 Å². The minimum atomic E-state index is -1.02. The summed E-state index contributed by atoms with van der Waals surface area (Å²) in [4.78, 5) is 11.4. The molecule has 1 heterocycles. The van der Waals surface area contributed by atoms with Crippen molar-refractivity contribution in [2.45, 2.75) is 0 Å². The van der Waals surface area contributed by atoms with E-state index in [9.17, 15) is 9.90 Å². The number of rotatable bonds is 2. The van der Waals surface area contributed by atoms with Gasteiger partial charge in [0.25, 0.3) is 0 Å². The maximum Gasteiger partial charge on any atom is 0.340 e. The van der Waals surface area contributed by atoms with Crippen molar-refractivity contribution in [3.63, 3.8) is 0 Å². The van der Waals surface area contributed by atoms with Gasteiger partial charge >= 0.3 is 5.97 Å². The summed E-state index contributed by atoms with van der Waals surface area (Å²) in [6, 6.07) is 10.7. The first-order valence-corrected chi connectivity index (χ1v) is 5.44. The second kappa shape index (κ2) is 3.77. The molecule has 0 fully saturated rings. The van der Waals surface area contributed by atoms with Gasteiger partial charge in [-0.25, -0.2) is 4.79 Å². The highest BCUT2D eigenvalue weighted by atomic mass is 16.5. The van der Waals surface area contributed by atoms with Crippen molar-refractivity contribution in [3.05, 3.63) is 42.0 Å². The Morgan fingerprint density at radius 1 is 1.17 bits per heavy atom. The molecular weight excluding hydrogens is 232 g/mol. The Labute approximate surface area is 102 Å². The fourth-order valence-electron chi connectivity index (χ4n) is 2.18. The Balaban J connectivity index is 2.55. The molecular formula is C14H10O4. The molecule has 0 unspecified atom stereocenters. The first-order chi connectivity index (χ1) is 8.72. The quantitative estimate of drug-likeness (QED) is 0.749. The molecule has 4 heteroatoms. The summed E-state index contributed by atoms with van der Waals surface area (Å²) in [5.41, 5.74) is 1.36. The van der Waals surface area contributed by atoms with Gasteiger partial charge in [-0.1, -0.05) is 18.2 Å². The summed E-state index contributed by atoms with van der Waals surface area (Å²) in [5.74, 6) is -0.689. The van der Waals surface area contributed by atoms with Gasteiger partial charge in [0.1, 0.15) is 22.5 Å². The number of furan rings is 1. The van der Waals surface area contributed by atoms with E-state index in [1.165, 1.54) is 7.11 Å². The molecule has 3 rings (SSSR count). The van der Waals surface area contributed by atoms with Crippen molar-refractivity contribution < 1.29 is 19.1 Å². The van der Waals surface area contributed by atoms with Crippen LogP contribution in [0.5, 0.6) is 5.75 Å². The molecule has 4 nitrogen and oxygen atoms in total. The smallest absolute Gasteiger partial charge is 0.340 e. The number of fused-ring (bicyclic) bond motifs is 3. The monoisotopic (exact) mass is 242 g/mol. The lowest BCUT2D eigenvalue weighted by Crippen LogP contribution is -2.00. The molecule has 0 aliphatic rings. The molecule has 1 N–H and O–H groups in total. The molecule has 0 aliphatic heterocycles. The van der Waals surface area contributed by atoms with E-state index in [0.717, 1.165) is 5.39 Å². The number of benzene rings is 2. The zero-order valence-corrected chi connectivity index (χ0v) is 9.64. The van der Waals surface area contributed by atoms with Crippen LogP contribution >= 0.6 is 0 Å². The van der Waals surface area contributed by atoms with Gasteiger partial charge in [-0.05, 0) is 18.2 Å². The van der Waals surface area contributed by atoms with Gasteiger partial charge in [-0.15, -0.1) is 0 Å². The van der Waals surface area contributed by atoms with Crippen molar-refractivity contribution in [2.75, 3.05) is 7.11 Å². The maximum atomic E-state index is 11.4. The largest absolute Gasteiger partial charge is 0.496 e. The van der Waals surface area contributed by atoms with E-state index < -0.39 is 5.97 Å². The second-order valence-corrected chi connectivity index (χ2v) is 3.92. The third-order valence-corrected chi connectivity index (χ3v) is 2.94. The maximum absolute atomic E-state index is 11.4. The van der Waals surface area contributed by atoms with Gasteiger partial charge < -0.3 is 14.3 Å². The van der Waals surface area contributed by atoms with Crippen LogP contribution in [0.25, 0.3) is 21.9 Å². The van der Waals surface area contributed by atoms with Crippen LogP contribution in [0.1, 0.15) is 10.4 Å². The standard InChI is InChI=1S/C14H10O4/c1-17-10-6-7-11-12(13(10)14(15)16)8-4-2-3-5-9(8)18-11/h2-7H,1H3,(H,15,16). The van der Waals surface area contributed by atoms with Gasteiger partial charge in [0.2, 0.25) is 0 Å². The lowest BCUT2D eigenvalue weighted by Gasteiger charge is -2.05. The highest BCUT2D eigenvalue weighted by Gasteiger charge is 2.20. The third kappa shape index (κ3) is 1.35. The third-order valence-electron chi connectivity index (χ3n) is 2.94. The molecule has 0 amide bonds. The first-order valence-electron chi connectivity index (χ1n) is 5.44. The van der Waals surface area contributed by atoms with Gasteiger partial charge in [0.15, 0.2) is 0 Å². The van der Waals surface area contributed by atoms with Crippen molar-refractivity contribution in [1.29, 1.82) is 0 Å². The fourth-order valence-corrected chi connectivity index (χ4v) is 2.18. The van der Waals surface area contributed by atoms with Crippen LogP contribution in [-0.4, -0.2) is 18.2 Å². The minimum Gasteiger partial charge on any atom is -0.496 e. The van der Waals surface area contributed by atoms with Gasteiger partial charge in [0.05, 0.1) is 7.11 Å². The minimum absolute atomic E-state index is 0.139. The zero-order chi connectivity index (χ0) is 12.7. The number of ether oxygens (including phenoxy) is 1. The number of hydrogen-bond acceptors (Lipinski definition) is 3. The molecule has 0 saturated carbocycles. The van der Waals surface area contributed by atoms with Crippen LogP contribution in [0.15, 0.2) is 40.8 Å². The molecule has 1 aromatic heterocycles. The van der Waals surface area contributed by atoms with Crippen molar-refractivity contribution >= 4 is 27.9 Å². The van der Waals surface area contributed by atoms with E-state index in [-0.39, 0.29) is 5.56 Å². The second-order valence-electron chi connectivity index (χ2n) is 3.92. The Morgan fingerprint density at radius 2 is 1.94 bits per heavy atom. The van der Waals surface area contributed by atoms with Crippen molar-refractivity contribution in [3.8, 4) is 5.75 Å².